The molecule has 1 saturated heterocycles. The van der Waals surface area contributed by atoms with E-state index >= 15 is 0 Å². The first-order chi connectivity index (χ1) is 7.57. The molecule has 2 rings (SSSR count). The van der Waals surface area contributed by atoms with E-state index in [9.17, 15) is 0 Å². The number of anilines is 1. The lowest BCUT2D eigenvalue weighted by atomic mass is 10.0. The van der Waals surface area contributed by atoms with Gasteiger partial charge in [0, 0.05) is 17.9 Å². The summed E-state index contributed by atoms with van der Waals surface area (Å²) in [5.41, 5.74) is 4.17. The van der Waals surface area contributed by atoms with Gasteiger partial charge in [-0.15, -0.1) is 0 Å². The topological polar surface area (TPSA) is 73.1 Å². The molecule has 0 radical (unpaired) electrons. The van der Waals surface area contributed by atoms with Gasteiger partial charge in [-0.2, -0.15) is 0 Å². The molecule has 1 aliphatic rings. The van der Waals surface area contributed by atoms with E-state index in [1.807, 2.05) is 20.8 Å². The van der Waals surface area contributed by atoms with Crippen LogP contribution in [-0.4, -0.2) is 16.6 Å². The molecule has 2 heterocycles. The third-order valence-corrected chi connectivity index (χ3v) is 3.22. The van der Waals surface area contributed by atoms with Crippen LogP contribution in [0, 0.1) is 13.8 Å². The molecule has 3 N–H and O–H groups in total. The van der Waals surface area contributed by atoms with Crippen LogP contribution in [-0.2, 0) is 10.3 Å². The first kappa shape index (κ1) is 11.3. The summed E-state index contributed by atoms with van der Waals surface area (Å²) in [7, 11) is 0. The number of rotatable bonds is 2. The van der Waals surface area contributed by atoms with Crippen LogP contribution >= 0.6 is 0 Å². The summed E-state index contributed by atoms with van der Waals surface area (Å²) >= 11 is 0. The molecular weight excluding hydrogens is 204 g/mol. The lowest BCUT2D eigenvalue weighted by Crippen LogP contribution is -2.25. The van der Waals surface area contributed by atoms with Gasteiger partial charge in [0.1, 0.15) is 11.4 Å². The van der Waals surface area contributed by atoms with Crippen LogP contribution in [0.4, 0.5) is 5.82 Å². The lowest BCUT2D eigenvalue weighted by molar-refractivity contribution is 0.00929. The Kier molecular flexibility index (Phi) is 2.82. The maximum atomic E-state index is 5.73. The fourth-order valence-corrected chi connectivity index (χ4v) is 1.96. The predicted octanol–water partition coefficient (Wildman–Crippen LogP) is 1.40. The van der Waals surface area contributed by atoms with E-state index < -0.39 is 0 Å². The van der Waals surface area contributed by atoms with E-state index in [1.54, 1.807) is 0 Å². The summed E-state index contributed by atoms with van der Waals surface area (Å²) in [6, 6.07) is 0. The molecule has 88 valence electrons. The van der Waals surface area contributed by atoms with Crippen molar-refractivity contribution in [2.75, 3.05) is 12.0 Å². The maximum absolute atomic E-state index is 5.73. The Labute approximate surface area is 95.4 Å². The third-order valence-electron chi connectivity index (χ3n) is 3.22. The Morgan fingerprint density at radius 1 is 1.38 bits per heavy atom. The van der Waals surface area contributed by atoms with Crippen molar-refractivity contribution in [2.45, 2.75) is 39.2 Å². The van der Waals surface area contributed by atoms with E-state index in [0.717, 1.165) is 36.5 Å². The van der Waals surface area contributed by atoms with Crippen molar-refractivity contribution in [1.29, 1.82) is 0 Å². The smallest absolute Gasteiger partial charge is 0.162 e. The number of nitrogen functional groups attached to an aromatic ring is 1. The van der Waals surface area contributed by atoms with Crippen molar-refractivity contribution in [3.05, 3.63) is 17.1 Å². The van der Waals surface area contributed by atoms with Crippen LogP contribution in [0.2, 0.25) is 0 Å². The number of nitrogens with two attached hydrogens (primary N) is 1. The highest BCUT2D eigenvalue weighted by Crippen LogP contribution is 2.34. The second-order valence-corrected chi connectivity index (χ2v) is 4.43. The van der Waals surface area contributed by atoms with E-state index in [2.05, 4.69) is 15.4 Å². The van der Waals surface area contributed by atoms with E-state index in [0.29, 0.717) is 5.82 Å². The van der Waals surface area contributed by atoms with Gasteiger partial charge in [-0.3, -0.25) is 0 Å². The highest BCUT2D eigenvalue weighted by molar-refractivity contribution is 5.44. The Hall–Kier alpha value is -1.20. The molecule has 0 saturated carbocycles. The molecule has 0 aliphatic carbocycles. The van der Waals surface area contributed by atoms with Gasteiger partial charge in [0.25, 0.3) is 0 Å². The Morgan fingerprint density at radius 2 is 2.12 bits per heavy atom. The Balaban J connectivity index is 2.45. The first-order valence-electron chi connectivity index (χ1n) is 5.53. The van der Waals surface area contributed by atoms with Crippen molar-refractivity contribution < 1.29 is 4.74 Å². The minimum atomic E-state index is -0.357. The number of hydrazine groups is 1. The summed E-state index contributed by atoms with van der Waals surface area (Å²) in [6.07, 6.45) is 2.01. The zero-order valence-electron chi connectivity index (χ0n) is 10.0. The summed E-state index contributed by atoms with van der Waals surface area (Å²) < 4.78 is 5.73. The standard InChI is InChI=1S/C11H18N4O/c1-7-8(2)13-10(14-9(7)15-12)11(3)5-4-6-16-11/h4-6,12H2,1-3H3,(H,13,14,15). The minimum absolute atomic E-state index is 0.357. The highest BCUT2D eigenvalue weighted by Gasteiger charge is 2.35. The number of hydrogen-bond acceptors (Lipinski definition) is 5. The number of aromatic nitrogens is 2. The highest BCUT2D eigenvalue weighted by atomic mass is 16.5. The van der Waals surface area contributed by atoms with Gasteiger partial charge >= 0.3 is 0 Å². The Bertz CT molecular complexity index is 399. The molecule has 16 heavy (non-hydrogen) atoms. The number of ether oxygens (including phenoxy) is 1. The second-order valence-electron chi connectivity index (χ2n) is 4.43. The van der Waals surface area contributed by atoms with Gasteiger partial charge < -0.3 is 10.2 Å². The van der Waals surface area contributed by atoms with Crippen LogP contribution in [0.15, 0.2) is 0 Å². The zero-order chi connectivity index (χ0) is 11.8. The summed E-state index contributed by atoms with van der Waals surface area (Å²) in [4.78, 5) is 8.94. The first-order valence-corrected chi connectivity index (χ1v) is 5.53. The molecule has 5 nitrogen and oxygen atoms in total. The van der Waals surface area contributed by atoms with Crippen molar-refractivity contribution in [2.24, 2.45) is 5.84 Å². The number of hydrogen-bond donors (Lipinski definition) is 2. The van der Waals surface area contributed by atoms with Crippen LogP contribution in [0.3, 0.4) is 0 Å². The van der Waals surface area contributed by atoms with E-state index in [4.69, 9.17) is 10.6 Å². The van der Waals surface area contributed by atoms with Crippen molar-refractivity contribution in [3.63, 3.8) is 0 Å². The largest absolute Gasteiger partial charge is 0.367 e. The number of nitrogens with one attached hydrogen (secondary N) is 1. The molecule has 0 spiro atoms. The average molecular weight is 222 g/mol. The molecule has 0 amide bonds. The molecule has 0 bridgehead atoms. The lowest BCUT2D eigenvalue weighted by Gasteiger charge is -2.22. The summed E-state index contributed by atoms with van der Waals surface area (Å²) in [5.74, 6) is 6.85. The fourth-order valence-electron chi connectivity index (χ4n) is 1.96. The quantitative estimate of drug-likeness (QED) is 0.584. The van der Waals surface area contributed by atoms with Gasteiger partial charge in [-0.25, -0.2) is 15.8 Å². The zero-order valence-corrected chi connectivity index (χ0v) is 10.0. The van der Waals surface area contributed by atoms with Crippen molar-refractivity contribution in [1.82, 2.24) is 9.97 Å². The summed E-state index contributed by atoms with van der Waals surface area (Å²) in [5, 5.41) is 0. The molecule has 1 aliphatic heterocycles. The van der Waals surface area contributed by atoms with E-state index in [1.165, 1.54) is 0 Å². The number of aryl methyl sites for hydroxylation is 1. The van der Waals surface area contributed by atoms with Gasteiger partial charge in [-0.1, -0.05) is 0 Å². The molecule has 1 aromatic heterocycles. The number of nitrogens with zero attached hydrogens (tertiary/aromatic N) is 2. The normalized spacial score (nSPS) is 24.8. The van der Waals surface area contributed by atoms with Crippen molar-refractivity contribution in [3.8, 4) is 0 Å². The summed E-state index contributed by atoms with van der Waals surface area (Å²) in [6.45, 7) is 6.72. The SMILES string of the molecule is Cc1nc(C2(C)CCCO2)nc(NN)c1C. The van der Waals surface area contributed by atoms with Crippen LogP contribution in [0.5, 0.6) is 0 Å². The van der Waals surface area contributed by atoms with Crippen LogP contribution in [0.1, 0.15) is 36.8 Å². The van der Waals surface area contributed by atoms with Gasteiger partial charge in [0.2, 0.25) is 0 Å². The fraction of sp³-hybridized carbons (Fsp3) is 0.636. The Morgan fingerprint density at radius 3 is 2.69 bits per heavy atom. The van der Waals surface area contributed by atoms with Gasteiger partial charge in [0.05, 0.1) is 0 Å². The average Bonchev–Trinajstić information content (AvgIpc) is 2.70. The van der Waals surface area contributed by atoms with E-state index in [-0.39, 0.29) is 5.60 Å². The molecule has 1 unspecified atom stereocenters. The molecule has 1 aromatic rings. The van der Waals surface area contributed by atoms with Crippen molar-refractivity contribution >= 4 is 5.82 Å². The van der Waals surface area contributed by atoms with Crippen LogP contribution in [0.25, 0.3) is 0 Å². The van der Waals surface area contributed by atoms with Gasteiger partial charge in [0.15, 0.2) is 5.82 Å². The molecule has 1 atom stereocenters. The molecule has 0 aromatic carbocycles. The van der Waals surface area contributed by atoms with Gasteiger partial charge in [-0.05, 0) is 33.6 Å². The third kappa shape index (κ3) is 1.76. The van der Waals surface area contributed by atoms with Crippen LogP contribution < -0.4 is 11.3 Å². The molecule has 5 heteroatoms. The molecular formula is C11H18N4O. The second kappa shape index (κ2) is 3.99. The maximum Gasteiger partial charge on any atom is 0.162 e. The monoisotopic (exact) mass is 222 g/mol. The minimum Gasteiger partial charge on any atom is -0.367 e. The molecule has 1 fully saturated rings. The predicted molar refractivity (Wildman–Crippen MR) is 61.9 cm³/mol.